The number of carbonyl (C=O) groups is 1. The topological polar surface area (TPSA) is 70.2 Å². The molecule has 0 aromatic carbocycles. The molecule has 1 aromatic heterocycles. The van der Waals surface area contributed by atoms with Crippen LogP contribution in [0.3, 0.4) is 0 Å². The summed E-state index contributed by atoms with van der Waals surface area (Å²) in [6, 6.07) is 1.85. The Kier molecular flexibility index (Phi) is 4.33. The predicted molar refractivity (Wildman–Crippen MR) is 67.5 cm³/mol. The SMILES string of the molecule is Cc1cc(C(=O)NC(C)CN2CCOCC2)n[nH]1. The lowest BCUT2D eigenvalue weighted by Gasteiger charge is -2.29. The monoisotopic (exact) mass is 252 g/mol. The highest BCUT2D eigenvalue weighted by molar-refractivity contribution is 5.92. The molecule has 1 unspecified atom stereocenters. The number of aromatic nitrogens is 2. The average molecular weight is 252 g/mol. The van der Waals surface area contributed by atoms with Gasteiger partial charge in [-0.15, -0.1) is 0 Å². The minimum atomic E-state index is -0.125. The van der Waals surface area contributed by atoms with Crippen molar-refractivity contribution in [2.24, 2.45) is 0 Å². The van der Waals surface area contributed by atoms with E-state index in [9.17, 15) is 4.79 Å². The highest BCUT2D eigenvalue weighted by Gasteiger charge is 2.16. The summed E-state index contributed by atoms with van der Waals surface area (Å²) in [5.41, 5.74) is 1.34. The van der Waals surface area contributed by atoms with Gasteiger partial charge in [0.25, 0.3) is 5.91 Å². The fourth-order valence-electron chi connectivity index (χ4n) is 2.05. The second-order valence-corrected chi connectivity index (χ2v) is 4.72. The highest BCUT2D eigenvalue weighted by atomic mass is 16.5. The van der Waals surface area contributed by atoms with Gasteiger partial charge in [0.2, 0.25) is 0 Å². The lowest BCUT2D eigenvalue weighted by atomic mass is 10.2. The van der Waals surface area contributed by atoms with E-state index in [1.165, 1.54) is 0 Å². The van der Waals surface area contributed by atoms with E-state index in [4.69, 9.17) is 4.74 Å². The largest absolute Gasteiger partial charge is 0.379 e. The fourth-order valence-corrected chi connectivity index (χ4v) is 2.05. The maximum atomic E-state index is 11.9. The number of ether oxygens (including phenoxy) is 1. The Morgan fingerprint density at radius 1 is 1.61 bits per heavy atom. The van der Waals surface area contributed by atoms with Crippen LogP contribution in [0.1, 0.15) is 23.1 Å². The van der Waals surface area contributed by atoms with Crippen LogP contribution in [0.15, 0.2) is 6.07 Å². The average Bonchev–Trinajstić information content (AvgIpc) is 2.77. The summed E-state index contributed by atoms with van der Waals surface area (Å²) in [7, 11) is 0. The molecule has 1 aliphatic heterocycles. The molecule has 0 spiro atoms. The maximum Gasteiger partial charge on any atom is 0.272 e. The molecule has 6 nitrogen and oxygen atoms in total. The number of nitrogens with one attached hydrogen (secondary N) is 2. The molecule has 1 aromatic rings. The molecule has 2 rings (SSSR count). The van der Waals surface area contributed by atoms with Crippen LogP contribution in [0.25, 0.3) is 0 Å². The zero-order chi connectivity index (χ0) is 13.0. The first kappa shape index (κ1) is 13.0. The van der Waals surface area contributed by atoms with Gasteiger partial charge >= 0.3 is 0 Å². The van der Waals surface area contributed by atoms with Gasteiger partial charge in [-0.3, -0.25) is 14.8 Å². The van der Waals surface area contributed by atoms with Gasteiger partial charge in [0.1, 0.15) is 5.69 Å². The van der Waals surface area contributed by atoms with Crippen LogP contribution in [0.4, 0.5) is 0 Å². The molecule has 0 aliphatic carbocycles. The van der Waals surface area contributed by atoms with Gasteiger partial charge in [-0.25, -0.2) is 0 Å². The van der Waals surface area contributed by atoms with Crippen molar-refractivity contribution in [2.75, 3.05) is 32.8 Å². The van der Waals surface area contributed by atoms with E-state index in [0.717, 1.165) is 38.5 Å². The first-order chi connectivity index (χ1) is 8.65. The molecular weight excluding hydrogens is 232 g/mol. The lowest BCUT2D eigenvalue weighted by Crippen LogP contribution is -2.46. The lowest BCUT2D eigenvalue weighted by molar-refractivity contribution is 0.0342. The van der Waals surface area contributed by atoms with Gasteiger partial charge in [-0.05, 0) is 19.9 Å². The maximum absolute atomic E-state index is 11.9. The normalized spacial score (nSPS) is 18.6. The number of aromatic amines is 1. The minimum absolute atomic E-state index is 0.104. The Balaban J connectivity index is 1.79. The third kappa shape index (κ3) is 3.54. The standard InChI is InChI=1S/C12H20N4O2/c1-9-7-11(15-14-9)12(17)13-10(2)8-16-3-5-18-6-4-16/h7,10H,3-6,8H2,1-2H3,(H,13,17)(H,14,15). The molecular formula is C12H20N4O2. The summed E-state index contributed by atoms with van der Waals surface area (Å²) < 4.78 is 5.29. The second kappa shape index (κ2) is 5.97. The number of morpholine rings is 1. The van der Waals surface area contributed by atoms with Gasteiger partial charge in [-0.2, -0.15) is 5.10 Å². The van der Waals surface area contributed by atoms with Crippen molar-refractivity contribution in [1.29, 1.82) is 0 Å². The number of hydrogen-bond acceptors (Lipinski definition) is 4. The number of H-pyrrole nitrogens is 1. The summed E-state index contributed by atoms with van der Waals surface area (Å²) in [5, 5.41) is 9.66. The van der Waals surface area contributed by atoms with Crippen molar-refractivity contribution in [2.45, 2.75) is 19.9 Å². The quantitative estimate of drug-likeness (QED) is 0.801. The number of hydrogen-bond donors (Lipinski definition) is 2. The van der Waals surface area contributed by atoms with Crippen molar-refractivity contribution in [1.82, 2.24) is 20.4 Å². The van der Waals surface area contributed by atoms with E-state index in [-0.39, 0.29) is 11.9 Å². The van der Waals surface area contributed by atoms with E-state index in [1.54, 1.807) is 6.07 Å². The van der Waals surface area contributed by atoms with Crippen LogP contribution in [0, 0.1) is 6.92 Å². The molecule has 6 heteroatoms. The fraction of sp³-hybridized carbons (Fsp3) is 0.667. The molecule has 1 fully saturated rings. The number of aryl methyl sites for hydroxylation is 1. The van der Waals surface area contributed by atoms with Crippen LogP contribution >= 0.6 is 0 Å². The smallest absolute Gasteiger partial charge is 0.272 e. The first-order valence-corrected chi connectivity index (χ1v) is 6.28. The van der Waals surface area contributed by atoms with Crippen molar-refractivity contribution in [3.63, 3.8) is 0 Å². The molecule has 1 atom stereocenters. The Morgan fingerprint density at radius 3 is 2.94 bits per heavy atom. The van der Waals surface area contributed by atoms with Gasteiger partial charge < -0.3 is 10.1 Å². The molecule has 0 radical (unpaired) electrons. The Morgan fingerprint density at radius 2 is 2.33 bits per heavy atom. The van der Waals surface area contributed by atoms with Crippen molar-refractivity contribution in [3.8, 4) is 0 Å². The Bertz CT molecular complexity index is 399. The van der Waals surface area contributed by atoms with Crippen LogP contribution in [-0.2, 0) is 4.74 Å². The van der Waals surface area contributed by atoms with E-state index in [0.29, 0.717) is 5.69 Å². The van der Waals surface area contributed by atoms with Crippen LogP contribution in [0.2, 0.25) is 0 Å². The summed E-state index contributed by atoms with van der Waals surface area (Å²) in [6.45, 7) is 8.15. The third-order valence-corrected chi connectivity index (χ3v) is 2.95. The molecule has 2 N–H and O–H groups in total. The number of nitrogens with zero attached hydrogens (tertiary/aromatic N) is 2. The van der Waals surface area contributed by atoms with E-state index < -0.39 is 0 Å². The second-order valence-electron chi connectivity index (χ2n) is 4.72. The van der Waals surface area contributed by atoms with E-state index in [1.807, 2.05) is 13.8 Å². The summed E-state index contributed by atoms with van der Waals surface area (Å²) in [4.78, 5) is 14.2. The van der Waals surface area contributed by atoms with E-state index in [2.05, 4.69) is 20.4 Å². The van der Waals surface area contributed by atoms with Crippen LogP contribution < -0.4 is 5.32 Å². The number of rotatable bonds is 4. The Hall–Kier alpha value is -1.40. The van der Waals surface area contributed by atoms with Gasteiger partial charge in [0, 0.05) is 31.4 Å². The zero-order valence-electron chi connectivity index (χ0n) is 10.9. The number of carbonyl (C=O) groups excluding carboxylic acids is 1. The molecule has 0 bridgehead atoms. The molecule has 1 saturated heterocycles. The molecule has 100 valence electrons. The highest BCUT2D eigenvalue weighted by Crippen LogP contribution is 2.01. The van der Waals surface area contributed by atoms with Crippen molar-refractivity contribution < 1.29 is 9.53 Å². The number of amides is 1. The predicted octanol–water partition coefficient (Wildman–Crippen LogP) is 0.169. The third-order valence-electron chi connectivity index (χ3n) is 2.95. The van der Waals surface area contributed by atoms with Crippen molar-refractivity contribution >= 4 is 5.91 Å². The summed E-state index contributed by atoms with van der Waals surface area (Å²) in [5.74, 6) is -0.125. The molecule has 2 heterocycles. The van der Waals surface area contributed by atoms with Gasteiger partial charge in [0.15, 0.2) is 0 Å². The minimum Gasteiger partial charge on any atom is -0.379 e. The van der Waals surface area contributed by atoms with Crippen LogP contribution in [0.5, 0.6) is 0 Å². The first-order valence-electron chi connectivity index (χ1n) is 6.28. The summed E-state index contributed by atoms with van der Waals surface area (Å²) in [6.07, 6.45) is 0. The van der Waals surface area contributed by atoms with E-state index >= 15 is 0 Å². The van der Waals surface area contributed by atoms with Crippen LogP contribution in [-0.4, -0.2) is 59.9 Å². The van der Waals surface area contributed by atoms with Gasteiger partial charge in [0.05, 0.1) is 13.2 Å². The Labute approximate surface area is 107 Å². The molecule has 0 saturated carbocycles. The van der Waals surface area contributed by atoms with Crippen molar-refractivity contribution in [3.05, 3.63) is 17.5 Å². The van der Waals surface area contributed by atoms with Gasteiger partial charge in [-0.1, -0.05) is 0 Å². The summed E-state index contributed by atoms with van der Waals surface area (Å²) >= 11 is 0. The molecule has 1 amide bonds. The zero-order valence-corrected chi connectivity index (χ0v) is 10.9. The molecule has 1 aliphatic rings. The molecule has 18 heavy (non-hydrogen) atoms.